The van der Waals surface area contributed by atoms with Crippen molar-refractivity contribution in [3.8, 4) is 16.5 Å². The minimum atomic E-state index is -1.32. The Hall–Kier alpha value is -5.63. The fourth-order valence-electron chi connectivity index (χ4n) is 8.83. The number of aliphatic hydroxyl groups is 1. The van der Waals surface area contributed by atoms with Gasteiger partial charge in [0.15, 0.2) is 11.6 Å². The van der Waals surface area contributed by atoms with E-state index in [1.165, 1.54) is 28.4 Å². The Kier molecular flexibility index (Phi) is 20.8. The Labute approximate surface area is 448 Å². The molecule has 2 fully saturated rings. The van der Waals surface area contributed by atoms with Gasteiger partial charge in [0.05, 0.1) is 64.3 Å². The first-order chi connectivity index (χ1) is 35.3. The van der Waals surface area contributed by atoms with E-state index in [1.54, 1.807) is 32.3 Å². The highest BCUT2D eigenvalue weighted by Gasteiger charge is 2.53. The van der Waals surface area contributed by atoms with Gasteiger partial charge in [0.1, 0.15) is 23.3 Å². The van der Waals surface area contributed by atoms with Crippen molar-refractivity contribution in [2.24, 2.45) is 10.8 Å². The standard InChI is InChI=1S/C54H66F3IN8O7S/c1-33-47(74-32-61-33)35-17-15-34(16-18-35)42(63-50(70)43-28-37(67)30-66(43)51(71)48(53(2,3)4)64-52(72)54(31-59)23-24-54)29-44(68)60-25-13-11-9-7-5-6-8-10-12-14-26-73-65-49(69)38-20-21-39(55)45(57)46(38)62-41-22-19-36(58)27-40(41)56/h15-22,27,32,37,42-43,48,62,67H,5-14,23-26,28-30H2,1-4H3,(H,60,68)(H,63,70)(H,64,72)(H,65,69)/t37-,42+,43+,48-/m1/s1. The second-order valence-electron chi connectivity index (χ2n) is 20.2. The van der Waals surface area contributed by atoms with Crippen LogP contribution in [0.3, 0.4) is 0 Å². The Morgan fingerprint density at radius 1 is 0.919 bits per heavy atom. The summed E-state index contributed by atoms with van der Waals surface area (Å²) < 4.78 is 43.8. The summed E-state index contributed by atoms with van der Waals surface area (Å²) in [4.78, 5) is 79.8. The van der Waals surface area contributed by atoms with Crippen LogP contribution < -0.4 is 26.7 Å². The van der Waals surface area contributed by atoms with E-state index in [9.17, 15) is 47.5 Å². The van der Waals surface area contributed by atoms with E-state index in [1.807, 2.05) is 53.8 Å². The largest absolute Gasteiger partial charge is 0.391 e. The number of amides is 5. The summed E-state index contributed by atoms with van der Waals surface area (Å²) >= 11 is 3.43. The molecule has 15 nitrogen and oxygen atoms in total. The van der Waals surface area contributed by atoms with Gasteiger partial charge in [-0.2, -0.15) is 5.26 Å². The highest BCUT2D eigenvalue weighted by atomic mass is 127. The molecule has 1 saturated heterocycles. The number of nitrogens with zero attached hydrogens (tertiary/aromatic N) is 3. The lowest BCUT2D eigenvalue weighted by Crippen LogP contribution is -2.58. The molecule has 1 aliphatic carbocycles. The van der Waals surface area contributed by atoms with Crippen molar-refractivity contribution in [1.82, 2.24) is 31.3 Å². The fraction of sp³-hybridized carbons (Fsp3) is 0.500. The van der Waals surface area contributed by atoms with Crippen LogP contribution >= 0.6 is 33.9 Å². The van der Waals surface area contributed by atoms with Crippen molar-refractivity contribution >= 4 is 74.8 Å². The highest BCUT2D eigenvalue weighted by molar-refractivity contribution is 14.1. The van der Waals surface area contributed by atoms with E-state index in [0.29, 0.717) is 34.9 Å². The van der Waals surface area contributed by atoms with Gasteiger partial charge >= 0.3 is 0 Å². The smallest absolute Gasteiger partial charge is 0.277 e. The van der Waals surface area contributed by atoms with Gasteiger partial charge in [0.2, 0.25) is 23.6 Å². The van der Waals surface area contributed by atoms with Crippen LogP contribution in [0.1, 0.15) is 138 Å². The number of hydrogen-bond acceptors (Lipinski definition) is 11. The van der Waals surface area contributed by atoms with Gasteiger partial charge in [0.25, 0.3) is 5.91 Å². The molecule has 0 unspecified atom stereocenters. The number of hydroxylamine groups is 1. The van der Waals surface area contributed by atoms with E-state index < -0.39 is 81.8 Å². The zero-order chi connectivity index (χ0) is 53.6. The number of β-amino-alcohol motifs (C(OH)–C–C–N with tert-alkyl or cyclic N) is 1. The lowest BCUT2D eigenvalue weighted by Gasteiger charge is -2.36. The molecule has 6 N–H and O–H groups in total. The second kappa shape index (κ2) is 26.7. The molecule has 20 heteroatoms. The molecule has 2 heterocycles. The number of carbonyl (C=O) groups is 5. The number of benzene rings is 3. The molecule has 0 bridgehead atoms. The Morgan fingerprint density at radius 3 is 2.19 bits per heavy atom. The first-order valence-electron chi connectivity index (χ1n) is 25.2. The number of hydrogen-bond donors (Lipinski definition) is 6. The van der Waals surface area contributed by atoms with Crippen LogP contribution in [0.4, 0.5) is 24.5 Å². The van der Waals surface area contributed by atoms with Crippen LogP contribution in [0.15, 0.2) is 60.1 Å². The lowest BCUT2D eigenvalue weighted by atomic mass is 9.85. The highest BCUT2D eigenvalue weighted by Crippen LogP contribution is 2.45. The number of halogens is 4. The Morgan fingerprint density at radius 2 is 1.58 bits per heavy atom. The summed E-state index contributed by atoms with van der Waals surface area (Å²) in [5.74, 6) is -5.85. The van der Waals surface area contributed by atoms with Gasteiger partial charge in [-0.1, -0.05) is 96.4 Å². The van der Waals surface area contributed by atoms with E-state index in [4.69, 9.17) is 4.84 Å². The maximum atomic E-state index is 14.7. The van der Waals surface area contributed by atoms with Crippen molar-refractivity contribution in [2.75, 3.05) is 25.0 Å². The monoisotopic (exact) mass is 1150 g/mol. The maximum Gasteiger partial charge on any atom is 0.277 e. The van der Waals surface area contributed by atoms with Gasteiger partial charge in [0, 0.05) is 23.1 Å². The van der Waals surface area contributed by atoms with Crippen molar-refractivity contribution in [3.05, 3.63) is 98.0 Å². The number of thiazole rings is 1. The number of aryl methyl sites for hydroxylation is 1. The third-order valence-corrected chi connectivity index (χ3v) is 15.0. The molecular weight excluding hydrogens is 1090 g/mol. The van der Waals surface area contributed by atoms with Crippen molar-refractivity contribution < 1.29 is 47.1 Å². The second-order valence-corrected chi connectivity index (χ2v) is 22.3. The first-order valence-corrected chi connectivity index (χ1v) is 27.2. The van der Waals surface area contributed by atoms with Crippen LogP contribution in [-0.2, 0) is 24.0 Å². The molecule has 6 rings (SSSR count). The predicted molar refractivity (Wildman–Crippen MR) is 284 cm³/mol. The van der Waals surface area contributed by atoms with Gasteiger partial charge in [-0.15, -0.1) is 11.3 Å². The number of anilines is 2. The normalized spacial score (nSPS) is 16.7. The molecule has 3 aromatic carbocycles. The first kappa shape index (κ1) is 57.6. The SMILES string of the molecule is Cc1ncsc1-c1ccc([C@H](CC(=O)NCCCCCCCCCCCCONC(=O)c2ccc(F)c(F)c2Nc2ccc(I)cc2F)NC(=O)[C@@H]2C[C@@H](O)CN2C(=O)[C@@H](NC(=O)C2(C#N)CC2)C(C)(C)C)cc1. The Balaban J connectivity index is 0.901. The number of aromatic nitrogens is 1. The zero-order valence-electron chi connectivity index (χ0n) is 42.3. The minimum absolute atomic E-state index is 0.0277. The van der Waals surface area contributed by atoms with E-state index in [2.05, 4.69) is 37.8 Å². The molecular formula is C54H66F3IN8O7S. The fourth-order valence-corrected chi connectivity index (χ4v) is 10.1. The molecule has 4 aromatic rings. The molecule has 74 heavy (non-hydrogen) atoms. The summed E-state index contributed by atoms with van der Waals surface area (Å²) in [5.41, 5.74) is 3.75. The summed E-state index contributed by atoms with van der Waals surface area (Å²) in [7, 11) is 0. The minimum Gasteiger partial charge on any atom is -0.391 e. The van der Waals surface area contributed by atoms with Crippen molar-refractivity contribution in [3.63, 3.8) is 0 Å². The zero-order valence-corrected chi connectivity index (χ0v) is 45.2. The summed E-state index contributed by atoms with van der Waals surface area (Å²) in [6, 6.07) is 12.8. The van der Waals surface area contributed by atoms with Crippen LogP contribution in [-0.4, -0.2) is 82.4 Å². The number of carbonyl (C=O) groups excluding carboxylic acids is 5. The topological polar surface area (TPSA) is 215 Å². The lowest BCUT2D eigenvalue weighted by molar-refractivity contribution is -0.144. The Bertz CT molecular complexity index is 2660. The summed E-state index contributed by atoms with van der Waals surface area (Å²) in [5, 5.41) is 31.7. The van der Waals surface area contributed by atoms with Gasteiger partial charge in [-0.3, -0.25) is 28.8 Å². The predicted octanol–water partition coefficient (Wildman–Crippen LogP) is 9.61. The molecule has 4 atom stereocenters. The quantitative estimate of drug-likeness (QED) is 0.0199. The van der Waals surface area contributed by atoms with Gasteiger partial charge in [-0.25, -0.2) is 23.6 Å². The van der Waals surface area contributed by atoms with E-state index >= 15 is 0 Å². The molecule has 1 aliphatic heterocycles. The van der Waals surface area contributed by atoms with Crippen LogP contribution in [0.2, 0.25) is 0 Å². The summed E-state index contributed by atoms with van der Waals surface area (Å²) in [6.07, 6.45) is 9.14. The van der Waals surface area contributed by atoms with E-state index in [-0.39, 0.29) is 43.2 Å². The van der Waals surface area contributed by atoms with Crippen molar-refractivity contribution in [2.45, 2.75) is 142 Å². The van der Waals surface area contributed by atoms with Crippen LogP contribution in [0, 0.1) is 50.1 Å². The molecule has 1 saturated carbocycles. The molecule has 2 aliphatic rings. The average Bonchev–Trinajstić information content (AvgIpc) is 3.90. The van der Waals surface area contributed by atoms with E-state index in [0.717, 1.165) is 86.1 Å². The number of rotatable bonds is 26. The number of aliphatic hydroxyl groups excluding tert-OH is 1. The third kappa shape index (κ3) is 15.7. The van der Waals surface area contributed by atoms with Crippen LogP contribution in [0.25, 0.3) is 10.4 Å². The van der Waals surface area contributed by atoms with Crippen LogP contribution in [0.5, 0.6) is 0 Å². The number of unbranched alkanes of at least 4 members (excludes halogenated alkanes) is 9. The van der Waals surface area contributed by atoms with Gasteiger partial charge in [-0.05, 0) is 102 Å². The number of nitriles is 1. The third-order valence-electron chi connectivity index (χ3n) is 13.4. The molecule has 5 amide bonds. The number of nitrogens with one attached hydrogen (secondary N) is 5. The van der Waals surface area contributed by atoms with Crippen molar-refractivity contribution in [1.29, 1.82) is 5.26 Å². The molecule has 398 valence electrons. The van der Waals surface area contributed by atoms with Gasteiger partial charge < -0.3 is 31.3 Å². The molecule has 0 spiro atoms. The molecule has 1 aromatic heterocycles. The number of likely N-dealkylation sites (tertiary alicyclic amines) is 1. The summed E-state index contributed by atoms with van der Waals surface area (Å²) in [6.45, 7) is 7.85. The maximum absolute atomic E-state index is 14.7. The molecule has 0 radical (unpaired) electrons. The average molecular weight is 1160 g/mol.